The van der Waals surface area contributed by atoms with E-state index in [1.807, 2.05) is 0 Å². The molecule has 4 nitrogen and oxygen atoms in total. The number of benzene rings is 1. The molecule has 0 radical (unpaired) electrons. The highest BCUT2D eigenvalue weighted by atomic mass is 35.5. The summed E-state index contributed by atoms with van der Waals surface area (Å²) in [6.07, 6.45) is -4.54. The molecule has 0 aliphatic rings. The molecule has 0 amide bonds. The van der Waals surface area contributed by atoms with Crippen LogP contribution in [0.1, 0.15) is 11.4 Å². The highest BCUT2D eigenvalue weighted by Gasteiger charge is 2.35. The summed E-state index contributed by atoms with van der Waals surface area (Å²) in [6.45, 7) is -0.0985. The van der Waals surface area contributed by atoms with Gasteiger partial charge in [-0.3, -0.25) is 0 Å². The maximum Gasteiger partial charge on any atom is 0.435 e. The third-order valence-electron chi connectivity index (χ3n) is 2.65. The molecule has 0 aliphatic carbocycles. The van der Waals surface area contributed by atoms with Gasteiger partial charge in [0.2, 0.25) is 0 Å². The van der Waals surface area contributed by atoms with Crippen LogP contribution in [0.3, 0.4) is 0 Å². The molecule has 9 heteroatoms. The van der Waals surface area contributed by atoms with Gasteiger partial charge in [0.1, 0.15) is 11.4 Å². The average molecular weight is 342 g/mol. The van der Waals surface area contributed by atoms with Gasteiger partial charge in [-0.25, -0.2) is 4.68 Å². The van der Waals surface area contributed by atoms with Crippen molar-refractivity contribution in [3.05, 3.63) is 40.7 Å². The molecule has 2 aromatic rings. The van der Waals surface area contributed by atoms with E-state index in [4.69, 9.17) is 22.1 Å². The highest BCUT2D eigenvalue weighted by Crippen LogP contribution is 2.32. The lowest BCUT2D eigenvalue weighted by atomic mass is 10.2. The number of nitrogens with zero attached hydrogens (tertiary/aromatic N) is 2. The first kappa shape index (κ1) is 17.6. The van der Waals surface area contributed by atoms with Crippen LogP contribution in [-0.4, -0.2) is 16.9 Å². The minimum absolute atomic E-state index is 0. The summed E-state index contributed by atoms with van der Waals surface area (Å²) in [7, 11) is 1.41. The fourth-order valence-corrected chi connectivity index (χ4v) is 1.91. The van der Waals surface area contributed by atoms with E-state index in [1.54, 1.807) is 12.1 Å². The molecular formula is C12H12Cl2F3N3O. The van der Waals surface area contributed by atoms with Crippen molar-refractivity contribution in [3.63, 3.8) is 0 Å². The Morgan fingerprint density at radius 1 is 1.33 bits per heavy atom. The predicted molar refractivity (Wildman–Crippen MR) is 75.3 cm³/mol. The molecule has 1 aromatic heterocycles. The van der Waals surface area contributed by atoms with E-state index in [1.165, 1.54) is 13.2 Å². The number of halogens is 5. The lowest BCUT2D eigenvalue weighted by Crippen LogP contribution is -2.09. The van der Waals surface area contributed by atoms with Crippen molar-refractivity contribution in [2.45, 2.75) is 12.7 Å². The van der Waals surface area contributed by atoms with Crippen LogP contribution >= 0.6 is 24.0 Å². The van der Waals surface area contributed by atoms with Crippen LogP contribution < -0.4 is 10.5 Å². The summed E-state index contributed by atoms with van der Waals surface area (Å²) in [5.41, 5.74) is 4.97. The Morgan fingerprint density at radius 3 is 2.52 bits per heavy atom. The summed E-state index contributed by atoms with van der Waals surface area (Å²) < 4.78 is 44.4. The van der Waals surface area contributed by atoms with Crippen LogP contribution in [0, 0.1) is 0 Å². The van der Waals surface area contributed by atoms with E-state index in [0.717, 1.165) is 10.7 Å². The standard InChI is InChI=1S/C12H11ClF3N3O.ClH/c1-20-10-3-2-7(13)4-9(10)19-8(6-17)5-11(18-19)12(14,15)16;/h2-5H,6,17H2,1H3;1H. The molecule has 0 unspecified atom stereocenters. The second-order valence-electron chi connectivity index (χ2n) is 3.95. The Balaban J connectivity index is 0.00000220. The zero-order chi connectivity index (χ0) is 14.9. The molecule has 0 atom stereocenters. The van der Waals surface area contributed by atoms with E-state index >= 15 is 0 Å². The van der Waals surface area contributed by atoms with Gasteiger partial charge >= 0.3 is 6.18 Å². The van der Waals surface area contributed by atoms with Crippen molar-refractivity contribution >= 4 is 24.0 Å². The minimum atomic E-state index is -4.54. The number of rotatable bonds is 3. The molecule has 0 fully saturated rings. The van der Waals surface area contributed by atoms with E-state index in [-0.39, 0.29) is 24.6 Å². The number of nitrogens with two attached hydrogens (primary N) is 1. The largest absolute Gasteiger partial charge is 0.494 e. The summed E-state index contributed by atoms with van der Waals surface area (Å²) >= 11 is 5.87. The molecule has 2 N–H and O–H groups in total. The van der Waals surface area contributed by atoms with E-state index in [9.17, 15) is 13.2 Å². The summed E-state index contributed by atoms with van der Waals surface area (Å²) in [4.78, 5) is 0. The lowest BCUT2D eigenvalue weighted by Gasteiger charge is -2.11. The summed E-state index contributed by atoms with van der Waals surface area (Å²) in [5, 5.41) is 3.90. The second-order valence-corrected chi connectivity index (χ2v) is 4.39. The Hall–Kier alpha value is -1.44. The Kier molecular flexibility index (Phi) is 5.49. The van der Waals surface area contributed by atoms with Gasteiger partial charge in [0, 0.05) is 11.6 Å². The monoisotopic (exact) mass is 341 g/mol. The molecule has 0 aliphatic heterocycles. The minimum Gasteiger partial charge on any atom is -0.494 e. The number of aromatic nitrogens is 2. The van der Waals surface area contributed by atoms with Gasteiger partial charge in [-0.2, -0.15) is 18.3 Å². The Bertz CT molecular complexity index is 629. The molecule has 0 bridgehead atoms. The van der Waals surface area contributed by atoms with Gasteiger partial charge in [0.25, 0.3) is 0 Å². The van der Waals surface area contributed by atoms with Crippen LogP contribution in [0.4, 0.5) is 13.2 Å². The molecule has 2 rings (SSSR count). The number of methoxy groups -OCH3 is 1. The van der Waals surface area contributed by atoms with Gasteiger partial charge in [0.05, 0.1) is 12.8 Å². The van der Waals surface area contributed by atoms with E-state index in [0.29, 0.717) is 16.5 Å². The SMILES string of the molecule is COc1ccc(Cl)cc1-n1nc(C(F)(F)F)cc1CN.Cl. The average Bonchev–Trinajstić information content (AvgIpc) is 2.82. The normalized spacial score (nSPS) is 11.1. The van der Waals surface area contributed by atoms with Crippen molar-refractivity contribution < 1.29 is 17.9 Å². The molecule has 0 saturated heterocycles. The highest BCUT2D eigenvalue weighted by molar-refractivity contribution is 6.30. The zero-order valence-corrected chi connectivity index (χ0v) is 12.4. The third-order valence-corrected chi connectivity index (χ3v) is 2.89. The number of hydrogen-bond acceptors (Lipinski definition) is 3. The number of hydrogen-bond donors (Lipinski definition) is 1. The fraction of sp³-hybridized carbons (Fsp3) is 0.250. The molecule has 116 valence electrons. The van der Waals surface area contributed by atoms with Crippen molar-refractivity contribution in [3.8, 4) is 11.4 Å². The number of alkyl halides is 3. The van der Waals surface area contributed by atoms with Gasteiger partial charge in [-0.15, -0.1) is 12.4 Å². The van der Waals surface area contributed by atoms with Crippen molar-refractivity contribution in [1.29, 1.82) is 0 Å². The van der Waals surface area contributed by atoms with Crippen LogP contribution in [0.5, 0.6) is 5.75 Å². The Labute approximate surface area is 130 Å². The van der Waals surface area contributed by atoms with Crippen molar-refractivity contribution in [2.75, 3.05) is 7.11 Å². The molecule has 0 spiro atoms. The molecule has 1 aromatic carbocycles. The van der Waals surface area contributed by atoms with Crippen LogP contribution in [0.2, 0.25) is 5.02 Å². The molecule has 0 saturated carbocycles. The summed E-state index contributed by atoms with van der Waals surface area (Å²) in [5.74, 6) is 0.348. The van der Waals surface area contributed by atoms with Gasteiger partial charge in [0.15, 0.2) is 5.69 Å². The van der Waals surface area contributed by atoms with Gasteiger partial charge < -0.3 is 10.5 Å². The quantitative estimate of drug-likeness (QED) is 0.930. The first-order chi connectivity index (χ1) is 9.36. The first-order valence-electron chi connectivity index (χ1n) is 5.57. The smallest absolute Gasteiger partial charge is 0.435 e. The topological polar surface area (TPSA) is 53.1 Å². The predicted octanol–water partition coefficient (Wildman–Crippen LogP) is 3.43. The van der Waals surface area contributed by atoms with Crippen LogP contribution in [0.25, 0.3) is 5.69 Å². The maximum atomic E-state index is 12.7. The first-order valence-corrected chi connectivity index (χ1v) is 5.94. The lowest BCUT2D eigenvalue weighted by molar-refractivity contribution is -0.141. The van der Waals surface area contributed by atoms with Crippen LogP contribution in [0.15, 0.2) is 24.3 Å². The molecule has 1 heterocycles. The van der Waals surface area contributed by atoms with Crippen LogP contribution in [-0.2, 0) is 12.7 Å². The second kappa shape index (κ2) is 6.55. The van der Waals surface area contributed by atoms with Crippen molar-refractivity contribution in [2.24, 2.45) is 5.73 Å². The molecular weight excluding hydrogens is 330 g/mol. The van der Waals surface area contributed by atoms with E-state index in [2.05, 4.69) is 5.10 Å². The Morgan fingerprint density at radius 2 is 2.00 bits per heavy atom. The maximum absolute atomic E-state index is 12.7. The third kappa shape index (κ3) is 3.61. The molecule has 21 heavy (non-hydrogen) atoms. The van der Waals surface area contributed by atoms with Crippen molar-refractivity contribution in [1.82, 2.24) is 9.78 Å². The fourth-order valence-electron chi connectivity index (χ4n) is 1.74. The van der Waals surface area contributed by atoms with E-state index < -0.39 is 11.9 Å². The van der Waals surface area contributed by atoms with Gasteiger partial charge in [-0.1, -0.05) is 11.6 Å². The summed E-state index contributed by atoms with van der Waals surface area (Å²) in [6, 6.07) is 5.49. The zero-order valence-electron chi connectivity index (χ0n) is 10.8. The van der Waals surface area contributed by atoms with Gasteiger partial charge in [-0.05, 0) is 24.3 Å². The number of ether oxygens (including phenoxy) is 1.